The first-order chi connectivity index (χ1) is 7.75. The number of alkyl halides is 3. The summed E-state index contributed by atoms with van der Waals surface area (Å²) >= 11 is 0. The average Bonchev–Trinajstić information content (AvgIpc) is 2.68. The van der Waals surface area contributed by atoms with Crippen LogP contribution in [0.1, 0.15) is 39.0 Å². The van der Waals surface area contributed by atoms with E-state index >= 15 is 0 Å². The third-order valence-electron chi connectivity index (χ3n) is 3.12. The van der Waals surface area contributed by atoms with Gasteiger partial charge in [-0.25, -0.2) is 0 Å². The number of hydrogen-bond acceptors (Lipinski definition) is 3. The molecule has 2 N–H and O–H groups in total. The molecule has 17 heavy (non-hydrogen) atoms. The highest BCUT2D eigenvalue weighted by molar-refractivity contribution is 5.88. The molecule has 1 aliphatic rings. The fraction of sp³-hybridized carbons (Fsp3) is 0.909. The summed E-state index contributed by atoms with van der Waals surface area (Å²) in [6.07, 6.45) is -1.81. The molecule has 1 rings (SSSR count). The van der Waals surface area contributed by atoms with Crippen LogP contribution in [-0.2, 0) is 9.53 Å². The van der Waals surface area contributed by atoms with E-state index in [0.717, 1.165) is 19.8 Å². The number of halogens is 3. The van der Waals surface area contributed by atoms with Crippen LogP contribution < -0.4 is 5.73 Å². The second-order valence-electron chi connectivity index (χ2n) is 4.65. The van der Waals surface area contributed by atoms with Gasteiger partial charge in [0.2, 0.25) is 0 Å². The lowest BCUT2D eigenvalue weighted by Gasteiger charge is -2.26. The minimum atomic E-state index is -4.69. The molecule has 2 atom stereocenters. The van der Waals surface area contributed by atoms with Gasteiger partial charge in [0, 0.05) is 13.0 Å². The summed E-state index contributed by atoms with van der Waals surface area (Å²) in [6.45, 7) is 1.43. The molecule has 6 heteroatoms. The summed E-state index contributed by atoms with van der Waals surface area (Å²) < 4.78 is 42.6. The Balaban J connectivity index is 2.33. The van der Waals surface area contributed by atoms with Gasteiger partial charge in [-0.2, -0.15) is 13.2 Å². The highest BCUT2D eigenvalue weighted by Crippen LogP contribution is 2.30. The Morgan fingerprint density at radius 3 is 2.59 bits per heavy atom. The van der Waals surface area contributed by atoms with E-state index in [4.69, 9.17) is 10.5 Å². The summed E-state index contributed by atoms with van der Waals surface area (Å²) in [5, 5.41) is 0. The molecule has 0 spiro atoms. The normalized spacial score (nSPS) is 24.6. The van der Waals surface area contributed by atoms with Crippen LogP contribution in [0.4, 0.5) is 13.2 Å². The minimum absolute atomic E-state index is 0.0951. The number of ether oxygens (including phenoxy) is 1. The molecule has 100 valence electrons. The predicted octanol–water partition coefficient (Wildman–Crippen LogP) is 2.18. The van der Waals surface area contributed by atoms with E-state index in [1.54, 1.807) is 0 Å². The van der Waals surface area contributed by atoms with Crippen LogP contribution in [0.15, 0.2) is 0 Å². The van der Waals surface area contributed by atoms with Gasteiger partial charge in [-0.15, -0.1) is 0 Å². The average molecular weight is 253 g/mol. The van der Waals surface area contributed by atoms with Crippen molar-refractivity contribution < 1.29 is 22.7 Å². The monoisotopic (exact) mass is 253 g/mol. The zero-order valence-electron chi connectivity index (χ0n) is 9.85. The molecule has 0 aliphatic carbocycles. The lowest BCUT2D eigenvalue weighted by atomic mass is 9.92. The number of hydrogen-bond donors (Lipinski definition) is 1. The Morgan fingerprint density at radius 2 is 2.12 bits per heavy atom. The zero-order valence-corrected chi connectivity index (χ0v) is 9.85. The van der Waals surface area contributed by atoms with E-state index in [1.165, 1.54) is 0 Å². The van der Waals surface area contributed by atoms with Crippen molar-refractivity contribution in [3.8, 4) is 0 Å². The number of Topliss-reactive ketones (excluding diaryl/α,β-unsaturated/α-hetero) is 1. The van der Waals surface area contributed by atoms with Crippen molar-refractivity contribution in [1.82, 2.24) is 0 Å². The van der Waals surface area contributed by atoms with E-state index in [0.29, 0.717) is 19.4 Å². The van der Waals surface area contributed by atoms with Gasteiger partial charge >= 0.3 is 6.18 Å². The SMILES string of the molecule is CC(N)(C(=O)CCCC1CCCO1)C(F)(F)F. The molecule has 0 amide bonds. The third kappa shape index (κ3) is 3.67. The lowest BCUT2D eigenvalue weighted by molar-refractivity contribution is -0.186. The molecule has 1 fully saturated rings. The van der Waals surface area contributed by atoms with Crippen molar-refractivity contribution in [1.29, 1.82) is 0 Å². The van der Waals surface area contributed by atoms with Crippen molar-refractivity contribution in [2.75, 3.05) is 6.61 Å². The summed E-state index contributed by atoms with van der Waals surface area (Å²) in [5.41, 5.74) is 2.29. The first kappa shape index (κ1) is 14.4. The fourth-order valence-electron chi connectivity index (χ4n) is 1.78. The molecular formula is C11H18F3NO2. The summed E-state index contributed by atoms with van der Waals surface area (Å²) in [4.78, 5) is 11.4. The second-order valence-corrected chi connectivity index (χ2v) is 4.65. The molecule has 0 bridgehead atoms. The van der Waals surface area contributed by atoms with Crippen LogP contribution in [0.3, 0.4) is 0 Å². The maximum absolute atomic E-state index is 12.4. The number of carbonyl (C=O) groups excluding carboxylic acids is 1. The third-order valence-corrected chi connectivity index (χ3v) is 3.12. The van der Waals surface area contributed by atoms with Crippen LogP contribution in [-0.4, -0.2) is 30.2 Å². The Labute approximate surface area is 98.5 Å². The van der Waals surface area contributed by atoms with Gasteiger partial charge in [0.15, 0.2) is 11.3 Å². The van der Waals surface area contributed by atoms with Gasteiger partial charge in [-0.1, -0.05) is 0 Å². The Kier molecular flexibility index (Phi) is 4.55. The molecule has 2 unspecified atom stereocenters. The van der Waals surface area contributed by atoms with Gasteiger partial charge in [-0.3, -0.25) is 4.79 Å². The van der Waals surface area contributed by atoms with Crippen LogP contribution >= 0.6 is 0 Å². The van der Waals surface area contributed by atoms with Crippen molar-refractivity contribution in [3.63, 3.8) is 0 Å². The maximum atomic E-state index is 12.4. The van der Waals surface area contributed by atoms with E-state index in [1.807, 2.05) is 0 Å². The Morgan fingerprint density at radius 1 is 1.47 bits per heavy atom. The van der Waals surface area contributed by atoms with Crippen molar-refractivity contribution in [2.24, 2.45) is 5.73 Å². The van der Waals surface area contributed by atoms with E-state index in [-0.39, 0.29) is 12.5 Å². The number of rotatable bonds is 5. The molecular weight excluding hydrogens is 235 g/mol. The maximum Gasteiger partial charge on any atom is 0.413 e. The van der Waals surface area contributed by atoms with Crippen LogP contribution in [0.5, 0.6) is 0 Å². The van der Waals surface area contributed by atoms with Gasteiger partial charge in [0.1, 0.15) is 0 Å². The highest BCUT2D eigenvalue weighted by atomic mass is 19.4. The molecule has 0 radical (unpaired) electrons. The van der Waals surface area contributed by atoms with Gasteiger partial charge in [0.25, 0.3) is 0 Å². The molecule has 1 saturated heterocycles. The molecule has 3 nitrogen and oxygen atoms in total. The number of carbonyl (C=O) groups is 1. The number of nitrogens with two attached hydrogens (primary N) is 1. The highest BCUT2D eigenvalue weighted by Gasteiger charge is 2.52. The van der Waals surface area contributed by atoms with Crippen LogP contribution in [0.25, 0.3) is 0 Å². The molecule has 1 heterocycles. The first-order valence-electron chi connectivity index (χ1n) is 5.75. The first-order valence-corrected chi connectivity index (χ1v) is 5.75. The van der Waals surface area contributed by atoms with Crippen LogP contribution in [0.2, 0.25) is 0 Å². The van der Waals surface area contributed by atoms with Crippen molar-refractivity contribution in [2.45, 2.75) is 56.8 Å². The van der Waals surface area contributed by atoms with E-state index in [9.17, 15) is 18.0 Å². The lowest BCUT2D eigenvalue weighted by Crippen LogP contribution is -2.57. The smallest absolute Gasteiger partial charge is 0.378 e. The van der Waals surface area contributed by atoms with Gasteiger partial charge in [0.05, 0.1) is 6.10 Å². The molecule has 0 aromatic carbocycles. The molecule has 0 saturated carbocycles. The summed E-state index contributed by atoms with van der Waals surface area (Å²) in [7, 11) is 0. The zero-order chi connectivity index (χ0) is 13.1. The van der Waals surface area contributed by atoms with Gasteiger partial charge < -0.3 is 10.5 Å². The standard InChI is InChI=1S/C11H18F3NO2/c1-10(15,11(12,13)14)9(16)6-2-4-8-5-3-7-17-8/h8H,2-7,15H2,1H3. The molecule has 1 aliphatic heterocycles. The largest absolute Gasteiger partial charge is 0.413 e. The van der Waals surface area contributed by atoms with Crippen LogP contribution in [0, 0.1) is 0 Å². The molecule has 0 aromatic rings. The van der Waals surface area contributed by atoms with Gasteiger partial charge in [-0.05, 0) is 32.6 Å². The van der Waals surface area contributed by atoms with Crippen molar-refractivity contribution in [3.05, 3.63) is 0 Å². The van der Waals surface area contributed by atoms with Crippen molar-refractivity contribution >= 4 is 5.78 Å². The second kappa shape index (κ2) is 5.35. The summed E-state index contributed by atoms with van der Waals surface area (Å²) in [6, 6.07) is 0. The fourth-order valence-corrected chi connectivity index (χ4v) is 1.78. The quantitative estimate of drug-likeness (QED) is 0.817. The number of ketones is 1. The predicted molar refractivity (Wildman–Crippen MR) is 56.5 cm³/mol. The molecule has 0 aromatic heterocycles. The Hall–Kier alpha value is -0.620. The summed E-state index contributed by atoms with van der Waals surface area (Å²) in [5.74, 6) is -0.956. The topological polar surface area (TPSA) is 52.3 Å². The minimum Gasteiger partial charge on any atom is -0.378 e. The Bertz CT molecular complexity index is 270. The van der Waals surface area contributed by atoms with E-state index < -0.39 is 17.5 Å². The van der Waals surface area contributed by atoms with E-state index in [2.05, 4.69) is 0 Å².